The zero-order chi connectivity index (χ0) is 41.5. The number of benzene rings is 4. The standard InChI is InChI=1S/C40H31Cl2FN6O9/c1-45(2)35-30(48(55)56)16-24(17-31(35)49(57)58)46-36(51)26-13-12-25-27(33(26)38(46)53)18-29-37(52)47(44-23-10-8-22(43)9-11-23)39(54)40(29,19-3-5-20(41)6-4-19)34(25)28-15-21(42)7-14-32(28)50/h3-12,14-17,26-27,29,33-34,44,50H,13,18H2,1-2H3. The average Bonchev–Trinajstić information content (AvgIpc) is 3.56. The number of nitrogens with one attached hydrogen (secondary N) is 1. The SMILES string of the molecule is CN(C)c1c([N+](=O)[O-])cc(N2C(=O)C3CC=C4C(CC5C(=O)N(Nc6ccc(F)cc6)C(=O)C5(c5ccc(Cl)cc5)C4c4cc(Cl)ccc4O)C3C2=O)cc1[N+](=O)[O-]. The number of rotatable bonds is 8. The molecule has 0 aromatic heterocycles. The summed E-state index contributed by atoms with van der Waals surface area (Å²) in [7, 11) is 2.77. The van der Waals surface area contributed by atoms with E-state index in [1.165, 1.54) is 49.3 Å². The van der Waals surface area contributed by atoms with Crippen LogP contribution in [-0.2, 0) is 24.6 Å². The molecule has 296 valence electrons. The lowest BCUT2D eigenvalue weighted by molar-refractivity contribution is -0.392. The zero-order valence-corrected chi connectivity index (χ0v) is 32.0. The van der Waals surface area contributed by atoms with Gasteiger partial charge >= 0.3 is 11.4 Å². The fourth-order valence-corrected chi connectivity index (χ4v) is 9.77. The Morgan fingerprint density at radius 3 is 2.07 bits per heavy atom. The first kappa shape index (κ1) is 38.5. The van der Waals surface area contributed by atoms with Crippen molar-refractivity contribution in [3.63, 3.8) is 0 Å². The summed E-state index contributed by atoms with van der Waals surface area (Å²) in [4.78, 5) is 83.8. The highest BCUT2D eigenvalue weighted by molar-refractivity contribution is 6.31. The number of carbonyl (C=O) groups is 4. The summed E-state index contributed by atoms with van der Waals surface area (Å²) in [6.07, 6.45) is 1.50. The number of nitro benzene ring substituents is 2. The maximum Gasteiger partial charge on any atom is 0.301 e. The Bertz CT molecular complexity index is 2480. The smallest absolute Gasteiger partial charge is 0.301 e. The molecule has 8 rings (SSSR count). The second-order valence-corrected chi connectivity index (χ2v) is 15.7. The van der Waals surface area contributed by atoms with E-state index in [1.807, 2.05) is 0 Å². The van der Waals surface area contributed by atoms with Gasteiger partial charge in [-0.15, -0.1) is 0 Å². The summed E-state index contributed by atoms with van der Waals surface area (Å²) in [5.41, 5.74) is 0.101. The predicted octanol–water partition coefficient (Wildman–Crippen LogP) is 6.91. The normalized spacial score (nSPS) is 24.9. The van der Waals surface area contributed by atoms with Gasteiger partial charge in [-0.05, 0) is 78.9 Å². The molecule has 58 heavy (non-hydrogen) atoms. The number of carbonyl (C=O) groups excluding carboxylic acids is 4. The van der Waals surface area contributed by atoms with E-state index in [-0.39, 0.29) is 46.2 Å². The van der Waals surface area contributed by atoms with Crippen LogP contribution in [-0.4, -0.2) is 57.7 Å². The molecule has 4 aromatic rings. The van der Waals surface area contributed by atoms with Crippen molar-refractivity contribution in [2.24, 2.45) is 23.7 Å². The van der Waals surface area contributed by atoms with E-state index in [9.17, 15) is 44.1 Å². The lowest BCUT2D eigenvalue weighted by Gasteiger charge is -2.50. The molecule has 4 aliphatic rings. The number of amides is 4. The van der Waals surface area contributed by atoms with Crippen LogP contribution in [0.15, 0.2) is 90.5 Å². The molecule has 2 saturated heterocycles. The molecule has 2 heterocycles. The minimum Gasteiger partial charge on any atom is -0.508 e. The van der Waals surface area contributed by atoms with E-state index >= 15 is 4.79 Å². The molecule has 18 heteroatoms. The maximum absolute atomic E-state index is 15.3. The Morgan fingerprint density at radius 1 is 0.845 bits per heavy atom. The highest BCUT2D eigenvalue weighted by atomic mass is 35.5. The highest BCUT2D eigenvalue weighted by Gasteiger charge is 2.70. The third kappa shape index (κ3) is 5.68. The molecule has 6 unspecified atom stereocenters. The first-order chi connectivity index (χ1) is 27.6. The van der Waals surface area contributed by atoms with Crippen LogP contribution in [0.25, 0.3) is 0 Å². The van der Waals surface area contributed by atoms with Crippen LogP contribution in [0.1, 0.15) is 29.9 Å². The Morgan fingerprint density at radius 2 is 1.47 bits per heavy atom. The summed E-state index contributed by atoms with van der Waals surface area (Å²) >= 11 is 12.9. The molecule has 6 atom stereocenters. The van der Waals surface area contributed by atoms with Gasteiger partial charge in [0.2, 0.25) is 11.8 Å². The Kier molecular flexibility index (Phi) is 9.23. The van der Waals surface area contributed by atoms with Gasteiger partial charge in [0.1, 0.15) is 11.6 Å². The number of halogens is 3. The minimum absolute atomic E-state index is 0.0591. The highest BCUT2D eigenvalue weighted by Crippen LogP contribution is 2.65. The summed E-state index contributed by atoms with van der Waals surface area (Å²) in [5.74, 6) is -9.42. The summed E-state index contributed by atoms with van der Waals surface area (Å²) in [6, 6.07) is 17.4. The molecule has 2 N–H and O–H groups in total. The number of anilines is 3. The van der Waals surface area contributed by atoms with Gasteiger partial charge < -0.3 is 10.0 Å². The number of imide groups is 2. The minimum atomic E-state index is -1.80. The number of nitrogens with zero attached hydrogens (tertiary/aromatic N) is 5. The van der Waals surface area contributed by atoms with Crippen LogP contribution >= 0.6 is 23.2 Å². The third-order valence-electron chi connectivity index (χ3n) is 11.7. The van der Waals surface area contributed by atoms with Crippen molar-refractivity contribution in [3.8, 4) is 5.75 Å². The van der Waals surface area contributed by atoms with E-state index in [0.29, 0.717) is 16.2 Å². The van der Waals surface area contributed by atoms with Gasteiger partial charge in [-0.2, -0.15) is 5.01 Å². The molecule has 3 fully saturated rings. The van der Waals surface area contributed by atoms with Crippen LogP contribution in [0, 0.1) is 49.7 Å². The van der Waals surface area contributed by atoms with Crippen molar-refractivity contribution in [3.05, 3.63) is 138 Å². The molecular weight excluding hydrogens is 798 g/mol. The fraction of sp³-hybridized carbons (Fsp3) is 0.250. The van der Waals surface area contributed by atoms with Crippen LogP contribution in [0.4, 0.5) is 32.8 Å². The molecule has 2 aliphatic heterocycles. The van der Waals surface area contributed by atoms with Gasteiger partial charge in [-0.1, -0.05) is 47.0 Å². The van der Waals surface area contributed by atoms with Crippen molar-refractivity contribution in [1.29, 1.82) is 0 Å². The number of fused-ring (bicyclic) bond motifs is 4. The van der Waals surface area contributed by atoms with Crippen molar-refractivity contribution in [2.45, 2.75) is 24.2 Å². The maximum atomic E-state index is 15.3. The first-order valence-corrected chi connectivity index (χ1v) is 18.7. The number of allylic oxidation sites excluding steroid dienone is 2. The molecule has 0 spiro atoms. The predicted molar refractivity (Wildman–Crippen MR) is 209 cm³/mol. The van der Waals surface area contributed by atoms with E-state index in [1.54, 1.807) is 30.3 Å². The van der Waals surface area contributed by atoms with Crippen molar-refractivity contribution >= 4 is 75.3 Å². The molecule has 2 aliphatic carbocycles. The molecule has 0 bridgehead atoms. The number of hydrazine groups is 1. The summed E-state index contributed by atoms with van der Waals surface area (Å²) < 4.78 is 13.9. The summed E-state index contributed by atoms with van der Waals surface area (Å²) in [5, 5.41) is 37.3. The summed E-state index contributed by atoms with van der Waals surface area (Å²) in [6.45, 7) is 0. The van der Waals surface area contributed by atoms with Gasteiger partial charge in [-0.3, -0.25) is 44.8 Å². The third-order valence-corrected chi connectivity index (χ3v) is 12.2. The number of phenolic OH excluding ortho intramolecular Hbond substituents is 1. The number of nitro groups is 2. The number of hydrogen-bond acceptors (Lipinski definition) is 11. The van der Waals surface area contributed by atoms with Crippen molar-refractivity contribution in [1.82, 2.24) is 5.01 Å². The molecule has 1 saturated carbocycles. The fourth-order valence-electron chi connectivity index (χ4n) is 9.47. The van der Waals surface area contributed by atoms with Crippen LogP contribution in [0.3, 0.4) is 0 Å². The lowest BCUT2D eigenvalue weighted by Crippen LogP contribution is -2.53. The van der Waals surface area contributed by atoms with Gasteiger partial charge in [0, 0.05) is 47.8 Å². The molecule has 4 aromatic carbocycles. The molecular formula is C40H31Cl2FN6O9. The van der Waals surface area contributed by atoms with E-state index in [2.05, 4.69) is 5.43 Å². The zero-order valence-electron chi connectivity index (χ0n) is 30.5. The molecule has 15 nitrogen and oxygen atoms in total. The molecule has 4 amide bonds. The largest absolute Gasteiger partial charge is 0.508 e. The van der Waals surface area contributed by atoms with Crippen molar-refractivity contribution < 1.29 is 38.5 Å². The van der Waals surface area contributed by atoms with Crippen LogP contribution in [0.5, 0.6) is 5.75 Å². The lowest BCUT2D eigenvalue weighted by atomic mass is 9.49. The number of aromatic hydroxyl groups is 1. The van der Waals surface area contributed by atoms with Gasteiger partial charge in [0.05, 0.1) is 44.4 Å². The first-order valence-electron chi connectivity index (χ1n) is 17.9. The Labute approximate surface area is 338 Å². The topological polar surface area (TPSA) is 197 Å². The second-order valence-electron chi connectivity index (χ2n) is 14.8. The Balaban J connectivity index is 1.32. The monoisotopic (exact) mass is 828 g/mol. The average molecular weight is 830 g/mol. The van der Waals surface area contributed by atoms with E-state index in [0.717, 1.165) is 34.2 Å². The van der Waals surface area contributed by atoms with Gasteiger partial charge in [0.15, 0.2) is 5.69 Å². The Hall–Kier alpha value is -6.39. The van der Waals surface area contributed by atoms with Crippen molar-refractivity contribution in [2.75, 3.05) is 29.3 Å². The van der Waals surface area contributed by atoms with Crippen LogP contribution in [0.2, 0.25) is 10.0 Å². The van der Waals surface area contributed by atoms with Gasteiger partial charge in [-0.25, -0.2) is 9.29 Å². The van der Waals surface area contributed by atoms with Crippen LogP contribution < -0.4 is 15.2 Å². The molecule has 0 radical (unpaired) electrons. The quantitative estimate of drug-likeness (QED) is 0.0811. The van der Waals surface area contributed by atoms with Gasteiger partial charge in [0.25, 0.3) is 11.8 Å². The second kappa shape index (κ2) is 13.9. The van der Waals surface area contributed by atoms with E-state index in [4.69, 9.17) is 23.2 Å². The van der Waals surface area contributed by atoms with E-state index < -0.39 is 85.7 Å². The number of phenols is 1. The number of hydrogen-bond donors (Lipinski definition) is 2.